The van der Waals surface area contributed by atoms with Gasteiger partial charge in [0.05, 0.1) is 21.6 Å². The highest BCUT2D eigenvalue weighted by molar-refractivity contribution is 7.10. The van der Waals surface area contributed by atoms with Crippen LogP contribution in [0.4, 0.5) is 5.69 Å². The van der Waals surface area contributed by atoms with Crippen LogP contribution >= 0.6 is 22.9 Å². The van der Waals surface area contributed by atoms with Crippen LogP contribution in [0.1, 0.15) is 44.9 Å². The highest BCUT2D eigenvalue weighted by atomic mass is 35.5. The molecule has 0 saturated heterocycles. The zero-order valence-electron chi connectivity index (χ0n) is 18.9. The molecule has 2 heterocycles. The Morgan fingerprint density at radius 1 is 1.21 bits per heavy atom. The number of nitro benzene ring substituents is 1. The van der Waals surface area contributed by atoms with E-state index >= 15 is 0 Å². The van der Waals surface area contributed by atoms with Crippen LogP contribution in [0.5, 0.6) is 0 Å². The van der Waals surface area contributed by atoms with Crippen molar-refractivity contribution in [2.45, 2.75) is 26.3 Å². The number of nitrogens with zero attached hydrogens (tertiary/aromatic N) is 3. The van der Waals surface area contributed by atoms with Gasteiger partial charge in [-0.2, -0.15) is 0 Å². The summed E-state index contributed by atoms with van der Waals surface area (Å²) in [6, 6.07) is 13.6. The SMILES string of the molecule is CCN(CC(=O)N1CCc2sccc2C1c1ccccc1C)C(=O)c1ccc([N+](=O)[O-])cc1Cl. The third-order valence-electron chi connectivity index (χ3n) is 6.16. The summed E-state index contributed by atoms with van der Waals surface area (Å²) in [5.74, 6) is -0.588. The van der Waals surface area contributed by atoms with Crippen LogP contribution in [0.2, 0.25) is 5.02 Å². The molecule has 176 valence electrons. The molecule has 0 spiro atoms. The lowest BCUT2D eigenvalue weighted by molar-refractivity contribution is -0.384. The van der Waals surface area contributed by atoms with E-state index in [0.29, 0.717) is 13.1 Å². The molecule has 0 N–H and O–H groups in total. The Morgan fingerprint density at radius 3 is 2.65 bits per heavy atom. The van der Waals surface area contributed by atoms with Gasteiger partial charge in [-0.05, 0) is 54.5 Å². The minimum Gasteiger partial charge on any atom is -0.330 e. The van der Waals surface area contributed by atoms with E-state index in [9.17, 15) is 19.7 Å². The molecule has 7 nitrogen and oxygen atoms in total. The number of fused-ring (bicyclic) bond motifs is 1. The Kier molecular flexibility index (Phi) is 7.00. The first-order valence-electron chi connectivity index (χ1n) is 11.0. The molecular weight excluding hydrogens is 474 g/mol. The molecule has 4 rings (SSSR count). The lowest BCUT2D eigenvalue weighted by atomic mass is 9.90. The maximum absolute atomic E-state index is 13.6. The van der Waals surface area contributed by atoms with Gasteiger partial charge in [0, 0.05) is 30.1 Å². The molecule has 3 aromatic rings. The molecule has 1 aliphatic heterocycles. The minimum atomic E-state index is -0.567. The molecule has 34 heavy (non-hydrogen) atoms. The monoisotopic (exact) mass is 497 g/mol. The molecule has 2 amide bonds. The average molecular weight is 498 g/mol. The maximum atomic E-state index is 13.6. The van der Waals surface area contributed by atoms with Crippen LogP contribution in [0, 0.1) is 17.0 Å². The van der Waals surface area contributed by atoms with E-state index in [4.69, 9.17) is 11.6 Å². The van der Waals surface area contributed by atoms with Crippen LogP contribution in [-0.4, -0.2) is 46.2 Å². The number of hydrogen-bond donors (Lipinski definition) is 0. The normalized spacial score (nSPS) is 15.0. The second-order valence-electron chi connectivity index (χ2n) is 8.14. The summed E-state index contributed by atoms with van der Waals surface area (Å²) in [4.78, 5) is 41.7. The van der Waals surface area contributed by atoms with Crippen LogP contribution < -0.4 is 0 Å². The highest BCUT2D eigenvalue weighted by Gasteiger charge is 2.34. The number of thiophene rings is 1. The summed E-state index contributed by atoms with van der Waals surface area (Å²) >= 11 is 7.88. The van der Waals surface area contributed by atoms with Crippen LogP contribution in [0.3, 0.4) is 0 Å². The molecule has 1 aromatic heterocycles. The second-order valence-corrected chi connectivity index (χ2v) is 9.54. The minimum absolute atomic E-state index is 0.0104. The third kappa shape index (κ3) is 4.56. The summed E-state index contributed by atoms with van der Waals surface area (Å²) in [5, 5.41) is 13.0. The van der Waals surface area contributed by atoms with Crippen LogP contribution in [0.15, 0.2) is 53.9 Å². The van der Waals surface area contributed by atoms with Gasteiger partial charge >= 0.3 is 0 Å². The van der Waals surface area contributed by atoms with Crippen molar-refractivity contribution in [2.24, 2.45) is 0 Å². The largest absolute Gasteiger partial charge is 0.330 e. The number of benzene rings is 2. The van der Waals surface area contributed by atoms with Crippen molar-refractivity contribution < 1.29 is 14.5 Å². The topological polar surface area (TPSA) is 83.8 Å². The van der Waals surface area contributed by atoms with Gasteiger partial charge in [0.1, 0.15) is 6.54 Å². The molecule has 0 saturated carbocycles. The summed E-state index contributed by atoms with van der Waals surface area (Å²) in [6.45, 7) is 4.58. The van der Waals surface area contributed by atoms with Gasteiger partial charge in [0.15, 0.2) is 0 Å². The molecule has 1 aliphatic rings. The van der Waals surface area contributed by atoms with E-state index in [-0.39, 0.29) is 34.8 Å². The molecule has 2 aromatic carbocycles. The first-order valence-corrected chi connectivity index (χ1v) is 12.2. The number of carbonyl (C=O) groups excluding carboxylic acids is 2. The van der Waals surface area contributed by atoms with Crippen molar-refractivity contribution in [3.63, 3.8) is 0 Å². The summed E-state index contributed by atoms with van der Waals surface area (Å²) in [5.41, 5.74) is 3.25. The fraction of sp³-hybridized carbons (Fsp3) is 0.280. The van der Waals surface area contributed by atoms with Gasteiger partial charge in [0.25, 0.3) is 11.6 Å². The number of aryl methyl sites for hydroxylation is 1. The zero-order valence-corrected chi connectivity index (χ0v) is 20.4. The number of carbonyl (C=O) groups is 2. The van der Waals surface area contributed by atoms with Crippen molar-refractivity contribution in [2.75, 3.05) is 19.6 Å². The smallest absolute Gasteiger partial charge is 0.270 e. The summed E-state index contributed by atoms with van der Waals surface area (Å²) in [7, 11) is 0. The lowest BCUT2D eigenvalue weighted by Gasteiger charge is -2.38. The number of nitro groups is 1. The summed E-state index contributed by atoms with van der Waals surface area (Å²) in [6.07, 6.45) is 0.773. The molecule has 0 aliphatic carbocycles. The van der Waals surface area contributed by atoms with E-state index in [2.05, 4.69) is 11.4 Å². The number of hydrogen-bond acceptors (Lipinski definition) is 5. The van der Waals surface area contributed by atoms with E-state index in [1.165, 1.54) is 21.9 Å². The predicted octanol–water partition coefficient (Wildman–Crippen LogP) is 5.25. The first kappa shape index (κ1) is 23.9. The van der Waals surface area contributed by atoms with Gasteiger partial charge in [-0.1, -0.05) is 35.9 Å². The highest BCUT2D eigenvalue weighted by Crippen LogP contribution is 2.39. The van der Waals surface area contributed by atoms with Crippen LogP contribution in [-0.2, 0) is 11.2 Å². The summed E-state index contributed by atoms with van der Waals surface area (Å²) < 4.78 is 0. The van der Waals surface area contributed by atoms with Gasteiger partial charge < -0.3 is 9.80 Å². The average Bonchev–Trinajstić information content (AvgIpc) is 3.30. The van der Waals surface area contributed by atoms with Gasteiger partial charge in [-0.3, -0.25) is 19.7 Å². The van der Waals surface area contributed by atoms with E-state index < -0.39 is 10.8 Å². The van der Waals surface area contributed by atoms with Crippen molar-refractivity contribution in [1.29, 1.82) is 0 Å². The number of likely N-dealkylation sites (N-methyl/N-ethyl adjacent to an activating group) is 1. The fourth-order valence-electron chi connectivity index (χ4n) is 4.36. The molecule has 1 atom stereocenters. The van der Waals surface area contributed by atoms with Crippen molar-refractivity contribution in [3.05, 3.63) is 96.2 Å². The number of non-ortho nitro benzene ring substituents is 1. The van der Waals surface area contributed by atoms with Crippen molar-refractivity contribution in [1.82, 2.24) is 9.80 Å². The fourth-order valence-corrected chi connectivity index (χ4v) is 5.52. The van der Waals surface area contributed by atoms with Crippen LogP contribution in [0.25, 0.3) is 0 Å². The Bertz CT molecular complexity index is 1260. The predicted molar refractivity (Wildman–Crippen MR) is 132 cm³/mol. The Hall–Kier alpha value is -3.23. The molecule has 0 radical (unpaired) electrons. The second kappa shape index (κ2) is 9.95. The van der Waals surface area contributed by atoms with Crippen molar-refractivity contribution in [3.8, 4) is 0 Å². The zero-order chi connectivity index (χ0) is 24.4. The molecular formula is C25H24ClN3O4S. The first-order chi connectivity index (χ1) is 16.3. The van der Waals surface area contributed by atoms with Gasteiger partial charge in [-0.25, -0.2) is 0 Å². The standard InChI is InChI=1S/C25H24ClN3O4S/c1-3-27(25(31)19-9-8-17(29(32)33)14-21(19)26)15-23(30)28-12-10-22-20(11-13-34-22)24(28)18-7-5-4-6-16(18)2/h4-9,11,13-14,24H,3,10,12,15H2,1-2H3. The molecule has 0 fully saturated rings. The van der Waals surface area contributed by atoms with E-state index in [1.54, 1.807) is 18.3 Å². The molecule has 1 unspecified atom stereocenters. The third-order valence-corrected chi connectivity index (χ3v) is 7.47. The Labute approximate surface area is 206 Å². The maximum Gasteiger partial charge on any atom is 0.270 e. The van der Waals surface area contributed by atoms with E-state index in [0.717, 1.165) is 29.2 Å². The Balaban J connectivity index is 1.61. The number of amides is 2. The lowest BCUT2D eigenvalue weighted by Crippen LogP contribution is -2.46. The quantitative estimate of drug-likeness (QED) is 0.343. The molecule has 9 heteroatoms. The molecule has 0 bridgehead atoms. The number of halogens is 1. The van der Waals surface area contributed by atoms with Gasteiger partial charge in [-0.15, -0.1) is 11.3 Å². The Morgan fingerprint density at radius 2 is 1.97 bits per heavy atom. The van der Waals surface area contributed by atoms with E-state index in [1.807, 2.05) is 36.1 Å². The number of rotatable bonds is 6. The van der Waals surface area contributed by atoms with Crippen molar-refractivity contribution >= 4 is 40.4 Å². The van der Waals surface area contributed by atoms with Gasteiger partial charge in [0.2, 0.25) is 5.91 Å².